The zero-order valence-corrected chi connectivity index (χ0v) is 29.1. The maximum absolute atomic E-state index is 2.38. The number of aryl methyl sites for hydroxylation is 1. The third kappa shape index (κ3) is 5.83. The van der Waals surface area contributed by atoms with Crippen LogP contribution < -0.4 is 4.90 Å². The summed E-state index contributed by atoms with van der Waals surface area (Å²) in [5.74, 6) is 0. The fourth-order valence-electron chi connectivity index (χ4n) is 7.58. The second-order valence-electron chi connectivity index (χ2n) is 13.4. The van der Waals surface area contributed by atoms with Gasteiger partial charge in [0, 0.05) is 17.1 Å². The molecule has 0 atom stereocenters. The van der Waals surface area contributed by atoms with E-state index in [1.54, 1.807) is 0 Å². The molecule has 0 saturated carbocycles. The molecule has 0 saturated heterocycles. The first-order chi connectivity index (χ1) is 25.7. The van der Waals surface area contributed by atoms with Crippen molar-refractivity contribution in [2.24, 2.45) is 0 Å². The second kappa shape index (κ2) is 13.5. The molecule has 0 unspecified atom stereocenters. The van der Waals surface area contributed by atoms with Crippen molar-refractivity contribution in [2.45, 2.75) is 6.92 Å². The number of fused-ring (bicyclic) bond motifs is 8. The summed E-state index contributed by atoms with van der Waals surface area (Å²) >= 11 is 0. The highest BCUT2D eigenvalue weighted by Crippen LogP contribution is 2.49. The summed E-state index contributed by atoms with van der Waals surface area (Å²) in [6.45, 7) is 2.13. The van der Waals surface area contributed by atoms with Gasteiger partial charge in [-0.25, -0.2) is 0 Å². The van der Waals surface area contributed by atoms with Gasteiger partial charge in [0.15, 0.2) is 0 Å². The molecule has 0 radical (unpaired) electrons. The summed E-state index contributed by atoms with van der Waals surface area (Å²) in [6.07, 6.45) is 2.30. The molecule has 1 aliphatic rings. The summed E-state index contributed by atoms with van der Waals surface area (Å²) in [5, 5.41) is 0. The summed E-state index contributed by atoms with van der Waals surface area (Å²) in [4.78, 5) is 2.37. The van der Waals surface area contributed by atoms with Gasteiger partial charge in [-0.2, -0.15) is 0 Å². The lowest BCUT2D eigenvalue weighted by Crippen LogP contribution is -2.10. The van der Waals surface area contributed by atoms with Crippen LogP contribution in [0.15, 0.2) is 200 Å². The highest BCUT2D eigenvalue weighted by Gasteiger charge is 2.23. The van der Waals surface area contributed by atoms with E-state index in [-0.39, 0.29) is 0 Å². The SMILES string of the molecule is Cc1ccc(/C(=C/c2ccc(N(c3ccccc3)c3ccc4c(c3)-c3ccccc3-c3ccccc3-c3ccccc3-4)cc2)c2ccccc2)cc1. The Morgan fingerprint density at radius 3 is 1.29 bits per heavy atom. The number of nitrogens with zero attached hydrogens (tertiary/aromatic N) is 1. The molecular formula is C51H37N. The number of hydrogen-bond donors (Lipinski definition) is 0. The molecule has 0 aromatic heterocycles. The number of benzene rings is 8. The van der Waals surface area contributed by atoms with Gasteiger partial charge in [0.25, 0.3) is 0 Å². The minimum Gasteiger partial charge on any atom is -0.310 e. The number of para-hydroxylation sites is 1. The first-order valence-corrected chi connectivity index (χ1v) is 17.9. The Morgan fingerprint density at radius 1 is 0.346 bits per heavy atom. The van der Waals surface area contributed by atoms with Crippen LogP contribution in [0.4, 0.5) is 17.1 Å². The van der Waals surface area contributed by atoms with Crippen molar-refractivity contribution in [1.29, 1.82) is 0 Å². The number of anilines is 3. The predicted molar refractivity (Wildman–Crippen MR) is 221 cm³/mol. The van der Waals surface area contributed by atoms with Crippen molar-refractivity contribution in [2.75, 3.05) is 4.90 Å². The lowest BCUT2D eigenvalue weighted by atomic mass is 9.81. The van der Waals surface area contributed by atoms with Crippen molar-refractivity contribution in [3.05, 3.63) is 222 Å². The van der Waals surface area contributed by atoms with Crippen LogP contribution in [-0.2, 0) is 0 Å². The summed E-state index contributed by atoms with van der Waals surface area (Å²) in [6, 6.07) is 72.6. The molecule has 0 heterocycles. The number of rotatable bonds is 6. The second-order valence-corrected chi connectivity index (χ2v) is 13.4. The molecular weight excluding hydrogens is 627 g/mol. The van der Waals surface area contributed by atoms with Gasteiger partial charge < -0.3 is 4.90 Å². The fraction of sp³-hybridized carbons (Fsp3) is 0.0196. The van der Waals surface area contributed by atoms with Gasteiger partial charge in [-0.1, -0.05) is 169 Å². The third-order valence-electron chi connectivity index (χ3n) is 10.1. The molecule has 1 heteroatoms. The zero-order valence-electron chi connectivity index (χ0n) is 29.1. The molecule has 0 bridgehead atoms. The Balaban J connectivity index is 1.19. The molecule has 0 N–H and O–H groups in total. The van der Waals surface area contributed by atoms with Crippen LogP contribution in [-0.4, -0.2) is 0 Å². The predicted octanol–water partition coefficient (Wildman–Crippen LogP) is 14.0. The van der Waals surface area contributed by atoms with Crippen LogP contribution in [0.1, 0.15) is 22.3 Å². The topological polar surface area (TPSA) is 3.24 Å². The van der Waals surface area contributed by atoms with Crippen molar-refractivity contribution in [3.8, 4) is 44.5 Å². The highest BCUT2D eigenvalue weighted by atomic mass is 15.1. The zero-order chi connectivity index (χ0) is 34.9. The van der Waals surface area contributed by atoms with E-state index in [1.165, 1.54) is 66.8 Å². The maximum Gasteiger partial charge on any atom is 0.0468 e. The molecule has 1 aliphatic carbocycles. The normalized spacial score (nSPS) is 11.7. The first-order valence-electron chi connectivity index (χ1n) is 17.9. The summed E-state index contributed by atoms with van der Waals surface area (Å²) in [5.41, 5.74) is 19.3. The van der Waals surface area contributed by atoms with Gasteiger partial charge in [0.05, 0.1) is 0 Å². The lowest BCUT2D eigenvalue weighted by Gasteiger charge is -2.28. The van der Waals surface area contributed by atoms with E-state index in [2.05, 4.69) is 218 Å². The Bertz CT molecular complexity index is 2540. The molecule has 8 aromatic rings. The van der Waals surface area contributed by atoms with Crippen LogP contribution in [0.5, 0.6) is 0 Å². The molecule has 0 amide bonds. The van der Waals surface area contributed by atoms with Crippen LogP contribution in [0.25, 0.3) is 56.2 Å². The van der Waals surface area contributed by atoms with E-state index in [9.17, 15) is 0 Å². The average molecular weight is 664 g/mol. The van der Waals surface area contributed by atoms with E-state index >= 15 is 0 Å². The molecule has 0 fully saturated rings. The summed E-state index contributed by atoms with van der Waals surface area (Å²) in [7, 11) is 0. The smallest absolute Gasteiger partial charge is 0.0468 e. The van der Waals surface area contributed by atoms with Crippen molar-refractivity contribution >= 4 is 28.7 Å². The van der Waals surface area contributed by atoms with E-state index in [4.69, 9.17) is 0 Å². The quantitative estimate of drug-likeness (QED) is 0.160. The van der Waals surface area contributed by atoms with E-state index in [1.807, 2.05) is 0 Å². The van der Waals surface area contributed by atoms with E-state index < -0.39 is 0 Å². The van der Waals surface area contributed by atoms with E-state index in [0.717, 1.165) is 22.6 Å². The Hall–Kier alpha value is -6.70. The van der Waals surface area contributed by atoms with Gasteiger partial charge >= 0.3 is 0 Å². The largest absolute Gasteiger partial charge is 0.310 e. The minimum absolute atomic E-state index is 1.10. The molecule has 52 heavy (non-hydrogen) atoms. The average Bonchev–Trinajstić information content (AvgIpc) is 3.21. The Labute approximate surface area is 306 Å². The summed E-state index contributed by atoms with van der Waals surface area (Å²) < 4.78 is 0. The first kappa shape index (κ1) is 31.3. The van der Waals surface area contributed by atoms with Crippen LogP contribution in [0.2, 0.25) is 0 Å². The molecule has 0 aliphatic heterocycles. The molecule has 8 aromatic carbocycles. The van der Waals surface area contributed by atoms with Crippen molar-refractivity contribution in [3.63, 3.8) is 0 Å². The van der Waals surface area contributed by atoms with Gasteiger partial charge in [0.2, 0.25) is 0 Å². The van der Waals surface area contributed by atoms with E-state index in [0.29, 0.717) is 0 Å². The van der Waals surface area contributed by atoms with Gasteiger partial charge in [-0.05, 0) is 116 Å². The highest BCUT2D eigenvalue weighted by molar-refractivity contribution is 6.04. The standard InChI is InChI=1S/C51H37N/c1-36-24-28-39(29-25-36)50(38-14-4-2-5-15-38)34-37-26-30-41(31-27-37)52(40-16-6-3-7-17-40)42-32-33-49-47-22-11-10-20-45(47)43-18-8-9-19-44(43)46-21-12-13-23-48(46)51(49)35-42/h2-35H,1H3/b45-43?,46-44?,49-47?,50-34+,51-48?. The molecule has 246 valence electrons. The minimum atomic E-state index is 1.10. The molecule has 0 spiro atoms. The monoisotopic (exact) mass is 663 g/mol. The van der Waals surface area contributed by atoms with Gasteiger partial charge in [0.1, 0.15) is 0 Å². The van der Waals surface area contributed by atoms with Crippen LogP contribution in [0, 0.1) is 6.92 Å². The Morgan fingerprint density at radius 2 is 0.750 bits per heavy atom. The molecule has 9 rings (SSSR count). The van der Waals surface area contributed by atoms with Crippen LogP contribution in [0.3, 0.4) is 0 Å². The maximum atomic E-state index is 2.38. The number of hydrogen-bond acceptors (Lipinski definition) is 1. The van der Waals surface area contributed by atoms with Gasteiger partial charge in [-0.3, -0.25) is 0 Å². The van der Waals surface area contributed by atoms with Gasteiger partial charge in [-0.15, -0.1) is 0 Å². The lowest BCUT2D eigenvalue weighted by molar-refractivity contribution is 1.28. The van der Waals surface area contributed by atoms with Crippen molar-refractivity contribution < 1.29 is 0 Å². The molecule has 1 nitrogen and oxygen atoms in total. The Kier molecular flexibility index (Phi) is 8.15. The van der Waals surface area contributed by atoms with Crippen LogP contribution >= 0.6 is 0 Å². The third-order valence-corrected chi connectivity index (χ3v) is 10.1. The fourth-order valence-corrected chi connectivity index (χ4v) is 7.58. The van der Waals surface area contributed by atoms with Crippen molar-refractivity contribution in [1.82, 2.24) is 0 Å².